The summed E-state index contributed by atoms with van der Waals surface area (Å²) in [5.74, 6) is 0.665. The van der Waals surface area contributed by atoms with Gasteiger partial charge in [0.25, 0.3) is 0 Å². The predicted octanol–water partition coefficient (Wildman–Crippen LogP) is 2.84. The molecule has 1 unspecified atom stereocenters. The highest BCUT2D eigenvalue weighted by molar-refractivity contribution is 5.77. The van der Waals surface area contributed by atoms with Crippen LogP contribution in [-0.4, -0.2) is 17.8 Å². The zero-order valence-electron chi connectivity index (χ0n) is 14.1. The van der Waals surface area contributed by atoms with Crippen molar-refractivity contribution in [1.29, 1.82) is 0 Å². The molecule has 0 amide bonds. The highest BCUT2D eigenvalue weighted by Crippen LogP contribution is 2.19. The van der Waals surface area contributed by atoms with E-state index in [9.17, 15) is 9.90 Å². The first-order valence-corrected chi connectivity index (χ1v) is 8.23. The van der Waals surface area contributed by atoms with Crippen LogP contribution < -0.4 is 15.7 Å². The second kappa shape index (κ2) is 7.96. The Morgan fingerprint density at radius 2 is 1.92 bits per heavy atom. The van der Waals surface area contributed by atoms with Gasteiger partial charge in [0.05, 0.1) is 6.61 Å². The third-order valence-electron chi connectivity index (χ3n) is 3.92. The van der Waals surface area contributed by atoms with Gasteiger partial charge in [-0.05, 0) is 36.2 Å². The number of aliphatic hydroxyl groups is 1. The first kappa shape index (κ1) is 17.2. The lowest BCUT2D eigenvalue weighted by atomic mass is 10.1. The topological polar surface area (TPSA) is 71.7 Å². The van der Waals surface area contributed by atoms with Gasteiger partial charge in [0.15, 0.2) is 0 Å². The Hall–Kier alpha value is -2.63. The maximum atomic E-state index is 11.3. The number of aliphatic hydroxyl groups excluding tert-OH is 1. The number of nitrogens with one attached hydrogen (secondary N) is 1. The summed E-state index contributed by atoms with van der Waals surface area (Å²) >= 11 is 0. The summed E-state index contributed by atoms with van der Waals surface area (Å²) in [6, 6.07) is 16.6. The van der Waals surface area contributed by atoms with E-state index < -0.39 is 0 Å². The fourth-order valence-corrected chi connectivity index (χ4v) is 2.54. The quantitative estimate of drug-likeness (QED) is 0.648. The molecule has 0 saturated carbocycles. The molecule has 1 aromatic heterocycles. The fourth-order valence-electron chi connectivity index (χ4n) is 2.54. The highest BCUT2D eigenvalue weighted by Gasteiger charge is 2.05. The molecule has 0 aliphatic carbocycles. The Morgan fingerprint density at radius 1 is 1.12 bits per heavy atom. The van der Waals surface area contributed by atoms with Crippen LogP contribution in [-0.2, 0) is 13.2 Å². The van der Waals surface area contributed by atoms with Crippen molar-refractivity contribution in [2.24, 2.45) is 0 Å². The van der Waals surface area contributed by atoms with Crippen LogP contribution >= 0.6 is 0 Å². The molecule has 5 heteroatoms. The lowest BCUT2D eigenvalue weighted by Crippen LogP contribution is -2.31. The Balaban J connectivity index is 1.54. The molecule has 1 heterocycles. The maximum Gasteiger partial charge on any atom is 0.336 e. The van der Waals surface area contributed by atoms with Gasteiger partial charge in [-0.2, -0.15) is 0 Å². The molecular weight excluding hydrogens is 318 g/mol. The predicted molar refractivity (Wildman–Crippen MR) is 96.6 cm³/mol. The smallest absolute Gasteiger partial charge is 0.336 e. The SMILES string of the molecule is CC(COc1ccc2ccc(=O)oc2c1)NCc1cccc(CO)c1. The molecule has 0 saturated heterocycles. The van der Waals surface area contributed by atoms with E-state index in [1.54, 1.807) is 12.1 Å². The normalized spacial score (nSPS) is 12.2. The van der Waals surface area contributed by atoms with E-state index >= 15 is 0 Å². The van der Waals surface area contributed by atoms with Crippen molar-refractivity contribution in [1.82, 2.24) is 5.32 Å². The van der Waals surface area contributed by atoms with Crippen LogP contribution in [0.4, 0.5) is 0 Å². The zero-order chi connectivity index (χ0) is 17.6. The van der Waals surface area contributed by atoms with Gasteiger partial charge in [-0.3, -0.25) is 0 Å². The molecular formula is C20H21NO4. The van der Waals surface area contributed by atoms with E-state index in [1.165, 1.54) is 6.07 Å². The minimum absolute atomic E-state index is 0.0462. The van der Waals surface area contributed by atoms with E-state index in [-0.39, 0.29) is 18.3 Å². The minimum atomic E-state index is -0.371. The summed E-state index contributed by atoms with van der Waals surface area (Å²) in [6.07, 6.45) is 0. The molecule has 2 aromatic carbocycles. The van der Waals surface area contributed by atoms with Gasteiger partial charge in [0.2, 0.25) is 0 Å². The van der Waals surface area contributed by atoms with E-state index in [0.717, 1.165) is 16.5 Å². The van der Waals surface area contributed by atoms with Crippen LogP contribution in [0.15, 0.2) is 63.8 Å². The molecule has 1 atom stereocenters. The molecule has 0 aliphatic heterocycles. The van der Waals surface area contributed by atoms with Crippen molar-refractivity contribution < 1.29 is 14.3 Å². The Bertz CT molecular complexity index is 903. The Labute approximate surface area is 145 Å². The van der Waals surface area contributed by atoms with Gasteiger partial charge in [-0.1, -0.05) is 24.3 Å². The first-order chi connectivity index (χ1) is 12.1. The number of ether oxygens (including phenoxy) is 1. The van der Waals surface area contributed by atoms with Gasteiger partial charge in [0, 0.05) is 30.1 Å². The van der Waals surface area contributed by atoms with Crippen molar-refractivity contribution >= 4 is 11.0 Å². The molecule has 0 bridgehead atoms. The third kappa shape index (κ3) is 4.68. The number of benzene rings is 2. The molecule has 0 radical (unpaired) electrons. The monoisotopic (exact) mass is 339 g/mol. The summed E-state index contributed by atoms with van der Waals surface area (Å²) < 4.78 is 10.9. The number of hydrogen-bond acceptors (Lipinski definition) is 5. The molecule has 5 nitrogen and oxygen atoms in total. The van der Waals surface area contributed by atoms with E-state index in [1.807, 2.05) is 43.3 Å². The van der Waals surface area contributed by atoms with Crippen molar-refractivity contribution in [3.8, 4) is 5.75 Å². The zero-order valence-corrected chi connectivity index (χ0v) is 14.1. The molecule has 0 aliphatic rings. The Kier molecular flexibility index (Phi) is 5.48. The van der Waals surface area contributed by atoms with Crippen molar-refractivity contribution in [2.75, 3.05) is 6.61 Å². The van der Waals surface area contributed by atoms with Crippen LogP contribution in [0.25, 0.3) is 11.0 Å². The molecule has 3 rings (SSSR count). The summed E-state index contributed by atoms with van der Waals surface area (Å²) in [5.41, 5.74) is 2.17. The lowest BCUT2D eigenvalue weighted by molar-refractivity contribution is 0.272. The van der Waals surface area contributed by atoms with Gasteiger partial charge in [-0.15, -0.1) is 0 Å². The molecule has 130 valence electrons. The van der Waals surface area contributed by atoms with Crippen LogP contribution in [0.1, 0.15) is 18.1 Å². The summed E-state index contributed by atoms with van der Waals surface area (Å²) in [7, 11) is 0. The largest absolute Gasteiger partial charge is 0.492 e. The van der Waals surface area contributed by atoms with Crippen LogP contribution in [0.3, 0.4) is 0 Å². The van der Waals surface area contributed by atoms with Gasteiger partial charge in [-0.25, -0.2) is 4.79 Å². The Morgan fingerprint density at radius 3 is 2.76 bits per heavy atom. The van der Waals surface area contributed by atoms with Gasteiger partial charge >= 0.3 is 5.63 Å². The van der Waals surface area contributed by atoms with E-state index in [4.69, 9.17) is 9.15 Å². The van der Waals surface area contributed by atoms with E-state index in [0.29, 0.717) is 24.5 Å². The first-order valence-electron chi connectivity index (χ1n) is 8.23. The maximum absolute atomic E-state index is 11.3. The highest BCUT2D eigenvalue weighted by atomic mass is 16.5. The summed E-state index contributed by atoms with van der Waals surface area (Å²) in [6.45, 7) is 3.27. The number of hydrogen-bond donors (Lipinski definition) is 2. The lowest BCUT2D eigenvalue weighted by Gasteiger charge is -2.15. The third-order valence-corrected chi connectivity index (χ3v) is 3.92. The van der Waals surface area contributed by atoms with E-state index in [2.05, 4.69) is 5.32 Å². The van der Waals surface area contributed by atoms with Gasteiger partial charge in [0.1, 0.15) is 17.9 Å². The van der Waals surface area contributed by atoms with Crippen LogP contribution in [0.2, 0.25) is 0 Å². The standard InChI is InChI=1S/C20H21NO4/c1-14(21-11-15-3-2-4-16(9-15)12-22)13-24-18-7-5-17-6-8-20(23)25-19(17)10-18/h2-10,14,21-22H,11-13H2,1H3. The number of rotatable bonds is 7. The average Bonchev–Trinajstić information content (AvgIpc) is 2.64. The second-order valence-corrected chi connectivity index (χ2v) is 6.03. The van der Waals surface area contributed by atoms with Crippen molar-refractivity contribution in [2.45, 2.75) is 26.1 Å². The van der Waals surface area contributed by atoms with Crippen LogP contribution in [0.5, 0.6) is 5.75 Å². The summed E-state index contributed by atoms with van der Waals surface area (Å²) in [4.78, 5) is 11.3. The summed E-state index contributed by atoms with van der Waals surface area (Å²) in [5, 5.41) is 13.4. The second-order valence-electron chi connectivity index (χ2n) is 6.03. The average molecular weight is 339 g/mol. The fraction of sp³-hybridized carbons (Fsp3) is 0.250. The molecule has 2 N–H and O–H groups in total. The van der Waals surface area contributed by atoms with Gasteiger partial charge < -0.3 is 19.6 Å². The molecule has 25 heavy (non-hydrogen) atoms. The molecule has 3 aromatic rings. The number of fused-ring (bicyclic) bond motifs is 1. The minimum Gasteiger partial charge on any atom is -0.492 e. The van der Waals surface area contributed by atoms with Crippen molar-refractivity contribution in [3.05, 3.63) is 76.1 Å². The van der Waals surface area contributed by atoms with Crippen LogP contribution in [0, 0.1) is 0 Å². The van der Waals surface area contributed by atoms with Crippen molar-refractivity contribution in [3.63, 3.8) is 0 Å². The molecule has 0 fully saturated rings. The molecule has 0 spiro atoms.